The van der Waals surface area contributed by atoms with Crippen LogP contribution in [-0.2, 0) is 16.1 Å². The largest absolute Gasteiger partial charge is 0.459 e. The van der Waals surface area contributed by atoms with E-state index in [0.717, 1.165) is 38.9 Å². The van der Waals surface area contributed by atoms with Crippen molar-refractivity contribution in [3.63, 3.8) is 0 Å². The highest BCUT2D eigenvalue weighted by Crippen LogP contribution is 2.40. The molecule has 1 amide bonds. The Balaban J connectivity index is 1.39. The molecule has 4 rings (SSSR count). The highest BCUT2D eigenvalue weighted by atomic mass is 16.5. The molecule has 140 valence electrons. The Morgan fingerprint density at radius 1 is 1.31 bits per heavy atom. The summed E-state index contributed by atoms with van der Waals surface area (Å²) in [5.74, 6) is 1.77. The number of hydrogen-bond donors (Lipinski definition) is 0. The standard InChI is InChI=1S/C18H24N4O4/c1-24-11-9-22-7-3-5-18(17(22)23)6-8-21(13-18)12-15-19-20-16(26-15)14-4-2-10-25-14/h2,4,10H,3,5-9,11-13H2,1H3. The molecule has 1 atom stereocenters. The lowest BCUT2D eigenvalue weighted by Gasteiger charge is -2.39. The molecule has 8 nitrogen and oxygen atoms in total. The summed E-state index contributed by atoms with van der Waals surface area (Å²) in [4.78, 5) is 17.2. The molecule has 8 heteroatoms. The second kappa shape index (κ2) is 7.20. The van der Waals surface area contributed by atoms with Crippen LogP contribution in [0.15, 0.2) is 27.2 Å². The van der Waals surface area contributed by atoms with E-state index in [0.29, 0.717) is 37.2 Å². The van der Waals surface area contributed by atoms with Gasteiger partial charge in [0.05, 0.1) is 24.8 Å². The van der Waals surface area contributed by atoms with Crippen molar-refractivity contribution in [2.45, 2.75) is 25.8 Å². The maximum atomic E-state index is 13.0. The van der Waals surface area contributed by atoms with E-state index in [4.69, 9.17) is 13.6 Å². The molecule has 2 saturated heterocycles. The number of carbonyl (C=O) groups excluding carboxylic acids is 1. The molecule has 1 spiro atoms. The Kier molecular flexibility index (Phi) is 4.78. The van der Waals surface area contributed by atoms with Crippen LogP contribution in [0, 0.1) is 5.41 Å². The van der Waals surface area contributed by atoms with Crippen molar-refractivity contribution < 1.29 is 18.4 Å². The zero-order valence-electron chi connectivity index (χ0n) is 15.0. The third-order valence-electron chi connectivity index (χ3n) is 5.38. The zero-order chi connectivity index (χ0) is 18.0. The van der Waals surface area contributed by atoms with Crippen LogP contribution < -0.4 is 0 Å². The molecule has 0 aliphatic carbocycles. The summed E-state index contributed by atoms with van der Waals surface area (Å²) in [5.41, 5.74) is -0.268. The summed E-state index contributed by atoms with van der Waals surface area (Å²) >= 11 is 0. The van der Waals surface area contributed by atoms with Crippen LogP contribution in [0.2, 0.25) is 0 Å². The summed E-state index contributed by atoms with van der Waals surface area (Å²) in [5, 5.41) is 8.15. The van der Waals surface area contributed by atoms with Crippen molar-refractivity contribution in [1.29, 1.82) is 0 Å². The van der Waals surface area contributed by atoms with E-state index >= 15 is 0 Å². The van der Waals surface area contributed by atoms with Gasteiger partial charge in [-0.15, -0.1) is 10.2 Å². The SMILES string of the molecule is COCCN1CCCC2(CCN(Cc3nnc(-c4ccco4)o3)C2)C1=O. The van der Waals surface area contributed by atoms with Gasteiger partial charge in [0.1, 0.15) is 0 Å². The van der Waals surface area contributed by atoms with Gasteiger partial charge in [-0.1, -0.05) is 0 Å². The lowest BCUT2D eigenvalue weighted by atomic mass is 9.78. The molecule has 0 bridgehead atoms. The molecule has 0 N–H and O–H groups in total. The Morgan fingerprint density at radius 2 is 2.23 bits per heavy atom. The van der Waals surface area contributed by atoms with Crippen LogP contribution in [0.25, 0.3) is 11.7 Å². The number of likely N-dealkylation sites (tertiary alicyclic amines) is 2. The second-order valence-electron chi connectivity index (χ2n) is 7.11. The fourth-order valence-electron chi connectivity index (χ4n) is 4.05. The van der Waals surface area contributed by atoms with Gasteiger partial charge in [0, 0.05) is 26.7 Å². The first-order valence-electron chi connectivity index (χ1n) is 9.07. The predicted octanol–water partition coefficient (Wildman–Crippen LogP) is 1.79. The van der Waals surface area contributed by atoms with Gasteiger partial charge in [-0.3, -0.25) is 9.69 Å². The van der Waals surface area contributed by atoms with Gasteiger partial charge in [0.2, 0.25) is 11.8 Å². The lowest BCUT2D eigenvalue weighted by molar-refractivity contribution is -0.146. The van der Waals surface area contributed by atoms with E-state index in [2.05, 4.69) is 15.1 Å². The van der Waals surface area contributed by atoms with Crippen LogP contribution >= 0.6 is 0 Å². The number of carbonyl (C=O) groups is 1. The van der Waals surface area contributed by atoms with Crippen molar-refractivity contribution in [3.05, 3.63) is 24.3 Å². The fourth-order valence-corrected chi connectivity index (χ4v) is 4.05. The number of ether oxygens (including phenoxy) is 1. The number of aromatic nitrogens is 2. The van der Waals surface area contributed by atoms with Crippen LogP contribution in [0.5, 0.6) is 0 Å². The van der Waals surface area contributed by atoms with Crippen LogP contribution in [0.3, 0.4) is 0 Å². The van der Waals surface area contributed by atoms with Crippen molar-refractivity contribution in [1.82, 2.24) is 20.0 Å². The first-order chi connectivity index (χ1) is 12.7. The fraction of sp³-hybridized carbons (Fsp3) is 0.611. The van der Waals surface area contributed by atoms with Crippen molar-refractivity contribution >= 4 is 5.91 Å². The quantitative estimate of drug-likeness (QED) is 0.776. The predicted molar refractivity (Wildman–Crippen MR) is 92.0 cm³/mol. The molecule has 26 heavy (non-hydrogen) atoms. The minimum atomic E-state index is -0.268. The summed E-state index contributed by atoms with van der Waals surface area (Å²) < 4.78 is 16.1. The molecule has 4 heterocycles. The molecule has 0 aromatic carbocycles. The van der Waals surface area contributed by atoms with Crippen molar-refractivity contribution in [2.24, 2.45) is 5.41 Å². The second-order valence-corrected chi connectivity index (χ2v) is 7.11. The monoisotopic (exact) mass is 360 g/mol. The average molecular weight is 360 g/mol. The Labute approximate surface area is 152 Å². The average Bonchev–Trinajstić information content (AvgIpc) is 3.38. The number of methoxy groups -OCH3 is 1. The minimum absolute atomic E-state index is 0.268. The van der Waals surface area contributed by atoms with E-state index in [-0.39, 0.29) is 11.3 Å². The molecular weight excluding hydrogens is 336 g/mol. The Morgan fingerprint density at radius 3 is 3.04 bits per heavy atom. The van der Waals surface area contributed by atoms with Crippen molar-refractivity contribution in [2.75, 3.05) is 39.9 Å². The van der Waals surface area contributed by atoms with Gasteiger partial charge in [-0.25, -0.2) is 0 Å². The normalized spacial score (nSPS) is 24.0. The van der Waals surface area contributed by atoms with Gasteiger partial charge in [-0.05, 0) is 37.9 Å². The van der Waals surface area contributed by atoms with E-state index < -0.39 is 0 Å². The summed E-state index contributed by atoms with van der Waals surface area (Å²) in [7, 11) is 1.67. The highest BCUT2D eigenvalue weighted by Gasteiger charge is 2.48. The van der Waals surface area contributed by atoms with Crippen LogP contribution in [-0.4, -0.2) is 65.8 Å². The Hall–Kier alpha value is -2.19. The lowest BCUT2D eigenvalue weighted by Crippen LogP contribution is -2.50. The topological polar surface area (TPSA) is 84.8 Å². The maximum absolute atomic E-state index is 13.0. The smallest absolute Gasteiger partial charge is 0.283 e. The molecule has 1 unspecified atom stereocenters. The van der Waals surface area contributed by atoms with Crippen LogP contribution in [0.4, 0.5) is 0 Å². The molecule has 2 aromatic rings. The van der Waals surface area contributed by atoms with E-state index in [1.807, 2.05) is 4.90 Å². The number of hydrogen-bond acceptors (Lipinski definition) is 7. The van der Waals surface area contributed by atoms with Gasteiger partial charge in [-0.2, -0.15) is 0 Å². The molecular formula is C18H24N4O4. The molecule has 2 aliphatic heterocycles. The maximum Gasteiger partial charge on any atom is 0.283 e. The molecule has 2 aliphatic rings. The van der Waals surface area contributed by atoms with Gasteiger partial charge >= 0.3 is 0 Å². The Bertz CT molecular complexity index is 744. The number of furan rings is 1. The summed E-state index contributed by atoms with van der Waals surface area (Å²) in [6.07, 6.45) is 4.46. The third-order valence-corrected chi connectivity index (χ3v) is 5.38. The molecule has 0 radical (unpaired) electrons. The first kappa shape index (κ1) is 17.2. The zero-order valence-corrected chi connectivity index (χ0v) is 15.0. The van der Waals surface area contributed by atoms with Gasteiger partial charge in [0.15, 0.2) is 5.76 Å². The van der Waals surface area contributed by atoms with Gasteiger partial charge in [0.25, 0.3) is 5.89 Å². The number of amides is 1. The first-order valence-corrected chi connectivity index (χ1v) is 9.07. The number of rotatable bonds is 6. The van der Waals surface area contributed by atoms with Crippen molar-refractivity contribution in [3.8, 4) is 11.7 Å². The summed E-state index contributed by atoms with van der Waals surface area (Å²) in [6, 6.07) is 3.57. The minimum Gasteiger partial charge on any atom is -0.459 e. The van der Waals surface area contributed by atoms with E-state index in [1.54, 1.807) is 25.5 Å². The van der Waals surface area contributed by atoms with E-state index in [9.17, 15) is 4.79 Å². The third kappa shape index (κ3) is 3.26. The van der Waals surface area contributed by atoms with E-state index in [1.165, 1.54) is 0 Å². The molecule has 0 saturated carbocycles. The molecule has 2 fully saturated rings. The van der Waals surface area contributed by atoms with Gasteiger partial charge < -0.3 is 18.5 Å². The number of nitrogens with zero attached hydrogens (tertiary/aromatic N) is 4. The highest BCUT2D eigenvalue weighted by molar-refractivity contribution is 5.84. The van der Waals surface area contributed by atoms with Crippen LogP contribution in [0.1, 0.15) is 25.2 Å². The summed E-state index contributed by atoms with van der Waals surface area (Å²) in [6.45, 7) is 4.26. The number of piperidine rings is 1. The molecule has 2 aromatic heterocycles.